The number of anilines is 1. The second-order valence-corrected chi connectivity index (χ2v) is 5.46. The van der Waals surface area contributed by atoms with Crippen LogP contribution in [0.25, 0.3) is 22.4 Å². The second kappa shape index (κ2) is 6.97. The minimum absolute atomic E-state index is 0.0238. The number of benzene rings is 1. The highest BCUT2D eigenvalue weighted by molar-refractivity contribution is 5.97. The van der Waals surface area contributed by atoms with Crippen LogP contribution in [0, 0.1) is 11.3 Å². The maximum atomic E-state index is 11.9. The average molecular weight is 363 g/mol. The van der Waals surface area contributed by atoms with Crippen molar-refractivity contribution in [3.63, 3.8) is 0 Å². The van der Waals surface area contributed by atoms with Crippen LogP contribution in [0.15, 0.2) is 36.5 Å². The Labute approximate surface area is 153 Å². The lowest BCUT2D eigenvalue weighted by Gasteiger charge is -2.10. The van der Waals surface area contributed by atoms with Gasteiger partial charge in [-0.05, 0) is 18.2 Å². The van der Waals surface area contributed by atoms with Gasteiger partial charge in [-0.15, -0.1) is 0 Å². The molecule has 0 unspecified atom stereocenters. The molecular weight excluding hydrogens is 350 g/mol. The molecule has 9 nitrogen and oxygen atoms in total. The highest BCUT2D eigenvalue weighted by atomic mass is 16.5. The van der Waals surface area contributed by atoms with Crippen molar-refractivity contribution in [1.82, 2.24) is 15.2 Å². The van der Waals surface area contributed by atoms with Gasteiger partial charge in [-0.1, -0.05) is 12.1 Å². The van der Waals surface area contributed by atoms with Crippen LogP contribution in [0.1, 0.15) is 26.4 Å². The van der Waals surface area contributed by atoms with Gasteiger partial charge >= 0.3 is 11.9 Å². The number of carbonyl (C=O) groups excluding carboxylic acids is 1. The fraction of sp³-hybridized carbons (Fsp3) is 0.0556. The van der Waals surface area contributed by atoms with Crippen LogP contribution in [0.5, 0.6) is 0 Å². The van der Waals surface area contributed by atoms with Crippen LogP contribution in [-0.2, 0) is 4.74 Å². The first-order valence-corrected chi connectivity index (χ1v) is 7.62. The van der Waals surface area contributed by atoms with Crippen molar-refractivity contribution in [3.8, 4) is 28.5 Å². The van der Waals surface area contributed by atoms with E-state index < -0.39 is 11.9 Å². The number of aromatic carboxylic acids is 1. The fourth-order valence-corrected chi connectivity index (χ4v) is 2.57. The molecule has 2 aromatic heterocycles. The Bertz CT molecular complexity index is 1080. The number of aromatic nitrogens is 3. The highest BCUT2D eigenvalue weighted by Gasteiger charge is 2.21. The van der Waals surface area contributed by atoms with Crippen molar-refractivity contribution < 1.29 is 19.4 Å². The Balaban J connectivity index is 2.18. The highest BCUT2D eigenvalue weighted by Crippen LogP contribution is 2.32. The molecule has 0 aliphatic heterocycles. The number of carbonyl (C=O) groups is 2. The van der Waals surface area contributed by atoms with E-state index in [0.29, 0.717) is 22.4 Å². The van der Waals surface area contributed by atoms with Crippen LogP contribution in [0.2, 0.25) is 0 Å². The van der Waals surface area contributed by atoms with E-state index in [0.717, 1.165) is 0 Å². The molecule has 0 bridgehead atoms. The summed E-state index contributed by atoms with van der Waals surface area (Å²) in [6.07, 6.45) is 1.39. The van der Waals surface area contributed by atoms with E-state index in [-0.39, 0.29) is 22.6 Å². The van der Waals surface area contributed by atoms with Crippen molar-refractivity contribution in [2.24, 2.45) is 0 Å². The predicted molar refractivity (Wildman–Crippen MR) is 94.7 cm³/mol. The molecule has 9 heteroatoms. The minimum atomic E-state index is -1.05. The Morgan fingerprint density at radius 3 is 2.56 bits per heavy atom. The Morgan fingerprint density at radius 1 is 1.26 bits per heavy atom. The number of rotatable bonds is 4. The zero-order valence-corrected chi connectivity index (χ0v) is 14.1. The van der Waals surface area contributed by atoms with Crippen molar-refractivity contribution >= 4 is 17.8 Å². The summed E-state index contributed by atoms with van der Waals surface area (Å²) in [5.74, 6) is -1.71. The summed E-state index contributed by atoms with van der Waals surface area (Å²) >= 11 is 0. The van der Waals surface area contributed by atoms with Crippen molar-refractivity contribution in [3.05, 3.63) is 53.3 Å². The summed E-state index contributed by atoms with van der Waals surface area (Å²) in [5.41, 5.74) is 7.94. The van der Waals surface area contributed by atoms with Crippen LogP contribution < -0.4 is 5.73 Å². The molecule has 134 valence electrons. The van der Waals surface area contributed by atoms with Gasteiger partial charge in [0, 0.05) is 16.7 Å². The summed E-state index contributed by atoms with van der Waals surface area (Å²) in [4.78, 5) is 27.1. The summed E-state index contributed by atoms with van der Waals surface area (Å²) in [7, 11) is 1.23. The van der Waals surface area contributed by atoms with Crippen LogP contribution in [-0.4, -0.2) is 39.3 Å². The number of pyridine rings is 1. The molecule has 0 aliphatic rings. The monoisotopic (exact) mass is 363 g/mol. The lowest BCUT2D eigenvalue weighted by Crippen LogP contribution is -2.05. The first kappa shape index (κ1) is 17.6. The van der Waals surface area contributed by atoms with Gasteiger partial charge in [-0.2, -0.15) is 10.4 Å². The Morgan fingerprint density at radius 2 is 1.96 bits per heavy atom. The molecule has 0 radical (unpaired) electrons. The topological polar surface area (TPSA) is 155 Å². The summed E-state index contributed by atoms with van der Waals surface area (Å²) < 4.78 is 4.72. The van der Waals surface area contributed by atoms with Gasteiger partial charge in [0.2, 0.25) is 0 Å². The molecule has 2 heterocycles. The largest absolute Gasteiger partial charge is 0.478 e. The Hall–Kier alpha value is -4.19. The zero-order valence-electron chi connectivity index (χ0n) is 14.1. The Kier molecular flexibility index (Phi) is 4.55. The SMILES string of the molecule is COC(=O)c1[nH]ncc1-c1cc(-c2ccc(C(=O)O)cc2)nc(N)c1C#N. The maximum absolute atomic E-state index is 11.9. The molecule has 3 rings (SSSR count). The van der Waals surface area contributed by atoms with Gasteiger partial charge in [-0.25, -0.2) is 14.6 Å². The van der Waals surface area contributed by atoms with E-state index in [4.69, 9.17) is 15.6 Å². The van der Waals surface area contributed by atoms with Crippen LogP contribution >= 0.6 is 0 Å². The fourth-order valence-electron chi connectivity index (χ4n) is 2.57. The lowest BCUT2D eigenvalue weighted by atomic mass is 9.98. The second-order valence-electron chi connectivity index (χ2n) is 5.46. The van der Waals surface area contributed by atoms with Crippen molar-refractivity contribution in [1.29, 1.82) is 5.26 Å². The quantitative estimate of drug-likeness (QED) is 0.595. The normalized spacial score (nSPS) is 10.2. The molecular formula is C18H13N5O4. The third-order valence-electron chi connectivity index (χ3n) is 3.91. The number of hydrogen-bond acceptors (Lipinski definition) is 7. The van der Waals surface area contributed by atoms with Crippen molar-refractivity contribution in [2.45, 2.75) is 0 Å². The molecule has 0 spiro atoms. The number of nitrogens with one attached hydrogen (secondary N) is 1. The number of aromatic amines is 1. The molecule has 3 aromatic rings. The van der Waals surface area contributed by atoms with E-state index in [2.05, 4.69) is 15.2 Å². The third kappa shape index (κ3) is 3.19. The lowest BCUT2D eigenvalue weighted by molar-refractivity contribution is 0.0594. The third-order valence-corrected chi connectivity index (χ3v) is 3.91. The molecule has 1 aromatic carbocycles. The van der Waals surface area contributed by atoms with E-state index in [1.54, 1.807) is 18.2 Å². The summed E-state index contributed by atoms with van der Waals surface area (Å²) in [6, 6.07) is 9.60. The molecule has 4 N–H and O–H groups in total. The van der Waals surface area contributed by atoms with Gasteiger partial charge in [0.05, 0.1) is 24.6 Å². The van der Waals surface area contributed by atoms with Gasteiger partial charge in [0.25, 0.3) is 0 Å². The number of nitriles is 1. The van der Waals surface area contributed by atoms with Gasteiger partial charge in [-0.3, -0.25) is 5.10 Å². The smallest absolute Gasteiger partial charge is 0.356 e. The minimum Gasteiger partial charge on any atom is -0.478 e. The van der Waals surface area contributed by atoms with E-state index >= 15 is 0 Å². The van der Waals surface area contributed by atoms with Gasteiger partial charge in [0.15, 0.2) is 5.69 Å². The molecule has 0 amide bonds. The zero-order chi connectivity index (χ0) is 19.6. The molecule has 0 aliphatic carbocycles. The molecule has 0 fully saturated rings. The van der Waals surface area contributed by atoms with Gasteiger partial charge < -0.3 is 15.6 Å². The molecule has 27 heavy (non-hydrogen) atoms. The van der Waals surface area contributed by atoms with E-state index in [9.17, 15) is 14.9 Å². The number of nitrogens with two attached hydrogens (primary N) is 1. The van der Waals surface area contributed by atoms with Crippen molar-refractivity contribution in [2.75, 3.05) is 12.8 Å². The van der Waals surface area contributed by atoms with Gasteiger partial charge in [0.1, 0.15) is 17.5 Å². The number of esters is 1. The summed E-state index contributed by atoms with van der Waals surface area (Å²) in [6.45, 7) is 0. The number of H-pyrrole nitrogens is 1. The summed E-state index contributed by atoms with van der Waals surface area (Å²) in [5, 5.41) is 24.9. The number of nitrogens with zero attached hydrogens (tertiary/aromatic N) is 3. The van der Waals surface area contributed by atoms with E-state index in [1.807, 2.05) is 6.07 Å². The number of ether oxygens (including phenoxy) is 1. The average Bonchev–Trinajstić information content (AvgIpc) is 3.16. The number of methoxy groups -OCH3 is 1. The number of hydrogen-bond donors (Lipinski definition) is 3. The molecule has 0 saturated carbocycles. The first-order valence-electron chi connectivity index (χ1n) is 7.62. The first-order chi connectivity index (χ1) is 13.0. The van der Waals surface area contributed by atoms with Crippen LogP contribution in [0.3, 0.4) is 0 Å². The number of nitrogen functional groups attached to an aromatic ring is 1. The molecule has 0 saturated heterocycles. The molecule has 0 atom stereocenters. The van der Waals surface area contributed by atoms with E-state index in [1.165, 1.54) is 25.4 Å². The maximum Gasteiger partial charge on any atom is 0.356 e. The van der Waals surface area contributed by atoms with Crippen LogP contribution in [0.4, 0.5) is 5.82 Å². The number of carboxylic acids is 1. The number of carboxylic acid groups (broad SMARTS) is 1. The predicted octanol–water partition coefficient (Wildman–Crippen LogP) is 2.08. The standard InChI is InChI=1S/C18H13N5O4/c1-27-18(26)15-13(8-21-23-15)11-6-14(22-16(20)12(11)7-19)9-2-4-10(5-3-9)17(24)25/h2-6,8H,1H3,(H2,20,22)(H,21,23)(H,24,25).